The molecule has 0 radical (unpaired) electrons. The number of nitrogens with zero attached hydrogens (tertiary/aromatic N) is 2. The molecule has 0 aliphatic rings. The van der Waals surface area contributed by atoms with Crippen LogP contribution >= 0.6 is 11.3 Å². The second kappa shape index (κ2) is 13.0. The van der Waals surface area contributed by atoms with E-state index < -0.39 is 8.07 Å². The molecule has 2 nitrogen and oxygen atoms in total. The molecular weight excluding hydrogens is 737 g/mol. The smallest absolute Gasteiger partial charge is 0.181 e. The van der Waals surface area contributed by atoms with Gasteiger partial charge in [-0.25, -0.2) is 0 Å². The molecule has 58 heavy (non-hydrogen) atoms. The van der Waals surface area contributed by atoms with Crippen LogP contribution in [0.5, 0.6) is 0 Å². The second-order valence-corrected chi connectivity index (χ2v) is 20.1. The molecule has 0 N–H and O–H groups in total. The van der Waals surface area contributed by atoms with E-state index in [1.807, 2.05) is 11.3 Å². The summed E-state index contributed by atoms with van der Waals surface area (Å²) in [5, 5.41) is 13.3. The highest BCUT2D eigenvalue weighted by Crippen LogP contribution is 2.43. The van der Waals surface area contributed by atoms with Crippen LogP contribution in [0.25, 0.3) is 75.2 Å². The van der Waals surface area contributed by atoms with E-state index in [-0.39, 0.29) is 0 Å². The standard InChI is InChI=1S/C54H36N2SSi/c1-4-17-37(18-5-1)56-46-27-13-10-23-42(46)43-26-16-30-51(54(43)56)58(39-19-6-2-7-20-39,40-21-8-3-9-22-40)41-33-31-38(32-34-41)55-47-28-14-11-24-44(47)52-48(55)35-36-50-53(52)45-25-12-15-29-49(45)57-50/h1-36H. The molecule has 0 spiro atoms. The van der Waals surface area contributed by atoms with E-state index in [4.69, 9.17) is 0 Å². The Bertz CT molecular complexity index is 3450. The highest BCUT2D eigenvalue weighted by molar-refractivity contribution is 7.26. The van der Waals surface area contributed by atoms with Crippen LogP contribution in [0.3, 0.4) is 0 Å². The fourth-order valence-electron chi connectivity index (χ4n) is 9.92. The maximum Gasteiger partial charge on any atom is 0.181 e. The molecule has 0 fully saturated rings. The van der Waals surface area contributed by atoms with Crippen LogP contribution < -0.4 is 20.7 Å². The van der Waals surface area contributed by atoms with E-state index in [1.165, 1.54) is 90.2 Å². The van der Waals surface area contributed by atoms with Gasteiger partial charge in [0.2, 0.25) is 0 Å². The summed E-state index contributed by atoms with van der Waals surface area (Å²) in [6.07, 6.45) is 0. The second-order valence-electron chi connectivity index (χ2n) is 15.2. The third kappa shape index (κ3) is 4.70. The zero-order valence-corrected chi connectivity index (χ0v) is 33.4. The highest BCUT2D eigenvalue weighted by atomic mass is 32.1. The van der Waals surface area contributed by atoms with Gasteiger partial charge in [0.15, 0.2) is 8.07 Å². The minimum atomic E-state index is -2.99. The zero-order valence-electron chi connectivity index (χ0n) is 31.6. The maximum atomic E-state index is 2.51. The number of thiophene rings is 1. The van der Waals surface area contributed by atoms with Gasteiger partial charge in [0.05, 0.1) is 22.1 Å². The summed E-state index contributed by atoms with van der Waals surface area (Å²) in [7, 11) is -2.99. The fourth-order valence-corrected chi connectivity index (χ4v) is 16.0. The van der Waals surface area contributed by atoms with E-state index in [9.17, 15) is 0 Å². The average molecular weight is 773 g/mol. The lowest BCUT2D eigenvalue weighted by atomic mass is 10.1. The molecule has 0 saturated heterocycles. The zero-order chi connectivity index (χ0) is 38.2. The van der Waals surface area contributed by atoms with Crippen LogP contribution in [0, 0.1) is 0 Å². The minimum absolute atomic E-state index is 1.16. The van der Waals surface area contributed by atoms with Gasteiger partial charge in [0, 0.05) is 53.1 Å². The van der Waals surface area contributed by atoms with Crippen LogP contribution in [0.4, 0.5) is 0 Å². The molecule has 272 valence electrons. The molecule has 0 unspecified atom stereocenters. The Morgan fingerprint density at radius 1 is 0.310 bits per heavy atom. The van der Waals surface area contributed by atoms with Crippen LogP contribution in [0.1, 0.15) is 0 Å². The van der Waals surface area contributed by atoms with Crippen molar-refractivity contribution >= 4 is 104 Å². The van der Waals surface area contributed by atoms with Crippen molar-refractivity contribution in [2.75, 3.05) is 0 Å². The van der Waals surface area contributed by atoms with Gasteiger partial charge in [-0.15, -0.1) is 11.3 Å². The largest absolute Gasteiger partial charge is 0.309 e. The van der Waals surface area contributed by atoms with Gasteiger partial charge in [-0.1, -0.05) is 164 Å². The van der Waals surface area contributed by atoms with Crippen molar-refractivity contribution in [2.24, 2.45) is 0 Å². The lowest BCUT2D eigenvalue weighted by molar-refractivity contribution is 1.18. The normalized spacial score (nSPS) is 12.1. The molecule has 3 heterocycles. The molecule has 9 aromatic carbocycles. The Hall–Kier alpha value is -6.98. The van der Waals surface area contributed by atoms with Crippen molar-refractivity contribution in [3.05, 3.63) is 218 Å². The van der Waals surface area contributed by atoms with Gasteiger partial charge >= 0.3 is 0 Å². The molecule has 3 aromatic heterocycles. The van der Waals surface area contributed by atoms with E-state index in [0.717, 1.165) is 5.69 Å². The molecular formula is C54H36N2SSi. The lowest BCUT2D eigenvalue weighted by Crippen LogP contribution is -2.75. The SMILES string of the molecule is c1ccc(-n2c3ccccc3c3cccc([Si](c4ccccc4)(c4ccccc4)c4ccc(-n5c6ccccc6c6c7c(ccc65)sc5ccccc57)cc4)c32)cc1. The van der Waals surface area contributed by atoms with Gasteiger partial charge in [-0.3, -0.25) is 0 Å². The predicted octanol–water partition coefficient (Wildman–Crippen LogP) is 11.6. The summed E-state index contributed by atoms with van der Waals surface area (Å²) in [6, 6.07) is 81.5. The summed E-state index contributed by atoms with van der Waals surface area (Å²) in [5.74, 6) is 0. The maximum absolute atomic E-state index is 2.99. The van der Waals surface area contributed by atoms with Crippen LogP contribution in [-0.2, 0) is 0 Å². The fraction of sp³-hybridized carbons (Fsp3) is 0. The van der Waals surface area contributed by atoms with Crippen LogP contribution in [-0.4, -0.2) is 17.2 Å². The number of hydrogen-bond acceptors (Lipinski definition) is 1. The van der Waals surface area contributed by atoms with Crippen molar-refractivity contribution in [1.82, 2.24) is 9.13 Å². The van der Waals surface area contributed by atoms with E-state index in [1.54, 1.807) is 0 Å². The highest BCUT2D eigenvalue weighted by Gasteiger charge is 2.43. The first-order valence-electron chi connectivity index (χ1n) is 19.9. The number of para-hydroxylation sites is 4. The Balaban J connectivity index is 1.17. The van der Waals surface area contributed by atoms with Crippen molar-refractivity contribution < 1.29 is 0 Å². The predicted molar refractivity (Wildman–Crippen MR) is 252 cm³/mol. The van der Waals surface area contributed by atoms with E-state index in [2.05, 4.69) is 228 Å². The first-order valence-corrected chi connectivity index (χ1v) is 22.8. The van der Waals surface area contributed by atoms with Gasteiger partial charge in [-0.2, -0.15) is 0 Å². The van der Waals surface area contributed by atoms with Crippen molar-refractivity contribution in [3.8, 4) is 11.4 Å². The number of fused-ring (bicyclic) bond motifs is 10. The quantitative estimate of drug-likeness (QED) is 0.118. The molecule has 0 bridgehead atoms. The summed E-state index contributed by atoms with van der Waals surface area (Å²) < 4.78 is 7.64. The van der Waals surface area contributed by atoms with Crippen LogP contribution in [0.15, 0.2) is 218 Å². The lowest BCUT2D eigenvalue weighted by Gasteiger charge is -2.35. The van der Waals surface area contributed by atoms with Crippen molar-refractivity contribution in [1.29, 1.82) is 0 Å². The van der Waals surface area contributed by atoms with E-state index >= 15 is 0 Å². The number of rotatable bonds is 6. The number of aromatic nitrogens is 2. The topological polar surface area (TPSA) is 9.86 Å². The molecule has 0 amide bonds. The van der Waals surface area contributed by atoms with Crippen molar-refractivity contribution in [3.63, 3.8) is 0 Å². The molecule has 0 atom stereocenters. The third-order valence-electron chi connectivity index (χ3n) is 12.3. The Morgan fingerprint density at radius 2 is 0.845 bits per heavy atom. The van der Waals surface area contributed by atoms with Gasteiger partial charge < -0.3 is 9.13 Å². The Labute approximate surface area is 341 Å². The molecule has 0 aliphatic carbocycles. The summed E-state index contributed by atoms with van der Waals surface area (Å²) >= 11 is 1.88. The first kappa shape index (κ1) is 33.2. The molecule has 0 saturated carbocycles. The molecule has 0 aliphatic heterocycles. The van der Waals surface area contributed by atoms with Crippen molar-refractivity contribution in [2.45, 2.75) is 0 Å². The summed E-state index contributed by atoms with van der Waals surface area (Å²) in [5.41, 5.74) is 7.27. The van der Waals surface area contributed by atoms with Gasteiger partial charge in [-0.05, 0) is 75.3 Å². The number of hydrogen-bond donors (Lipinski definition) is 0. The van der Waals surface area contributed by atoms with Gasteiger partial charge in [0.1, 0.15) is 0 Å². The van der Waals surface area contributed by atoms with Gasteiger partial charge in [0.25, 0.3) is 0 Å². The number of benzene rings is 9. The Kier molecular flexibility index (Phi) is 7.46. The monoisotopic (exact) mass is 772 g/mol. The molecule has 12 aromatic rings. The van der Waals surface area contributed by atoms with E-state index in [0.29, 0.717) is 0 Å². The Morgan fingerprint density at radius 3 is 1.55 bits per heavy atom. The van der Waals surface area contributed by atoms with Crippen LogP contribution in [0.2, 0.25) is 0 Å². The first-order chi connectivity index (χ1) is 28.8. The average Bonchev–Trinajstić information content (AvgIpc) is 3.96. The minimum Gasteiger partial charge on any atom is -0.309 e. The molecule has 4 heteroatoms. The summed E-state index contributed by atoms with van der Waals surface area (Å²) in [4.78, 5) is 0. The molecule has 12 rings (SSSR count). The summed E-state index contributed by atoms with van der Waals surface area (Å²) in [6.45, 7) is 0. The third-order valence-corrected chi connectivity index (χ3v) is 18.2.